The molecule has 0 amide bonds. The number of thiocarbonyl (C=S) groups is 1. The Bertz CT molecular complexity index is 664. The molecule has 0 aliphatic heterocycles. The molecule has 2 aromatic rings. The monoisotopic (exact) mass is 338 g/mol. The van der Waals surface area contributed by atoms with E-state index in [9.17, 15) is 4.39 Å². The second-order valence-corrected chi connectivity index (χ2v) is 5.54. The van der Waals surface area contributed by atoms with Crippen molar-refractivity contribution in [2.75, 3.05) is 12.4 Å². The summed E-state index contributed by atoms with van der Waals surface area (Å²) in [6, 6.07) is 11.6. The highest BCUT2D eigenvalue weighted by molar-refractivity contribution is 7.80. The number of hydrogen-bond acceptors (Lipinski definition) is 2. The number of halogens is 2. The molecule has 0 aromatic heterocycles. The van der Waals surface area contributed by atoms with Crippen LogP contribution in [0, 0.1) is 5.82 Å². The molecule has 0 heterocycles. The van der Waals surface area contributed by atoms with Gasteiger partial charge in [-0.3, -0.25) is 0 Å². The fraction of sp³-hybridized carbons (Fsp3) is 0.188. The lowest BCUT2D eigenvalue weighted by molar-refractivity contribution is 0.415. The van der Waals surface area contributed by atoms with Crippen LogP contribution in [0.25, 0.3) is 0 Å². The van der Waals surface area contributed by atoms with Gasteiger partial charge in [0.2, 0.25) is 0 Å². The van der Waals surface area contributed by atoms with E-state index in [1.54, 1.807) is 31.4 Å². The number of benzene rings is 2. The van der Waals surface area contributed by atoms with Crippen LogP contribution >= 0.6 is 23.8 Å². The molecule has 0 bridgehead atoms. The highest BCUT2D eigenvalue weighted by Crippen LogP contribution is 2.27. The summed E-state index contributed by atoms with van der Waals surface area (Å²) in [7, 11) is 1.56. The van der Waals surface area contributed by atoms with Gasteiger partial charge in [-0.25, -0.2) is 4.39 Å². The van der Waals surface area contributed by atoms with Crippen molar-refractivity contribution in [1.82, 2.24) is 5.32 Å². The topological polar surface area (TPSA) is 33.3 Å². The first-order valence-electron chi connectivity index (χ1n) is 6.66. The zero-order valence-electron chi connectivity index (χ0n) is 12.2. The van der Waals surface area contributed by atoms with Gasteiger partial charge in [0.05, 0.1) is 18.2 Å². The van der Waals surface area contributed by atoms with Gasteiger partial charge < -0.3 is 15.4 Å². The van der Waals surface area contributed by atoms with Crippen LogP contribution in [-0.2, 0) is 0 Å². The Hall–Kier alpha value is -1.85. The van der Waals surface area contributed by atoms with Gasteiger partial charge in [-0.15, -0.1) is 0 Å². The number of rotatable bonds is 4. The van der Waals surface area contributed by atoms with Crippen molar-refractivity contribution in [2.45, 2.75) is 13.0 Å². The minimum atomic E-state index is -0.260. The summed E-state index contributed by atoms with van der Waals surface area (Å²) >= 11 is 11.3. The first kappa shape index (κ1) is 16.5. The third-order valence-electron chi connectivity index (χ3n) is 3.13. The van der Waals surface area contributed by atoms with Crippen molar-refractivity contribution in [3.63, 3.8) is 0 Å². The van der Waals surface area contributed by atoms with E-state index < -0.39 is 0 Å². The van der Waals surface area contributed by atoms with E-state index in [-0.39, 0.29) is 11.9 Å². The van der Waals surface area contributed by atoms with Crippen LogP contribution < -0.4 is 15.4 Å². The Balaban J connectivity index is 1.97. The SMILES string of the molecule is COc1ccc(NC(=S)N[C@@H](C)c2ccc(F)cc2)cc1Cl. The fourth-order valence-electron chi connectivity index (χ4n) is 1.94. The highest BCUT2D eigenvalue weighted by Gasteiger charge is 2.08. The lowest BCUT2D eigenvalue weighted by Crippen LogP contribution is -2.30. The average molecular weight is 339 g/mol. The van der Waals surface area contributed by atoms with E-state index in [0.29, 0.717) is 15.9 Å². The van der Waals surface area contributed by atoms with Gasteiger partial charge in [-0.05, 0) is 55.0 Å². The van der Waals surface area contributed by atoms with E-state index in [0.717, 1.165) is 11.3 Å². The minimum absolute atomic E-state index is 0.0469. The predicted molar refractivity (Wildman–Crippen MR) is 92.2 cm³/mol. The molecule has 0 unspecified atom stereocenters. The molecule has 6 heteroatoms. The van der Waals surface area contributed by atoms with E-state index in [1.165, 1.54) is 12.1 Å². The summed E-state index contributed by atoms with van der Waals surface area (Å²) in [5.74, 6) is 0.343. The quantitative estimate of drug-likeness (QED) is 0.802. The molecule has 0 radical (unpaired) electrons. The van der Waals surface area contributed by atoms with Crippen LogP contribution in [0.15, 0.2) is 42.5 Å². The molecule has 116 valence electrons. The van der Waals surface area contributed by atoms with Crippen molar-refractivity contribution in [3.8, 4) is 5.75 Å². The van der Waals surface area contributed by atoms with Crippen LogP contribution in [-0.4, -0.2) is 12.2 Å². The molecule has 2 N–H and O–H groups in total. The first-order chi connectivity index (χ1) is 10.5. The van der Waals surface area contributed by atoms with E-state index >= 15 is 0 Å². The van der Waals surface area contributed by atoms with E-state index in [1.807, 2.05) is 13.0 Å². The maximum Gasteiger partial charge on any atom is 0.171 e. The summed E-state index contributed by atoms with van der Waals surface area (Å²) in [5, 5.41) is 7.15. The highest BCUT2D eigenvalue weighted by atomic mass is 35.5. The molecule has 0 aliphatic rings. The third-order valence-corrected chi connectivity index (χ3v) is 3.64. The van der Waals surface area contributed by atoms with Crippen molar-refractivity contribution in [1.29, 1.82) is 0 Å². The van der Waals surface area contributed by atoms with Gasteiger partial charge in [-0.1, -0.05) is 23.7 Å². The van der Waals surface area contributed by atoms with Crippen molar-refractivity contribution in [2.24, 2.45) is 0 Å². The van der Waals surface area contributed by atoms with Gasteiger partial charge in [-0.2, -0.15) is 0 Å². The second kappa shape index (κ2) is 7.42. The lowest BCUT2D eigenvalue weighted by Gasteiger charge is -2.17. The lowest BCUT2D eigenvalue weighted by atomic mass is 10.1. The summed E-state index contributed by atoms with van der Waals surface area (Å²) < 4.78 is 18.0. The average Bonchev–Trinajstić information content (AvgIpc) is 2.48. The molecule has 0 aliphatic carbocycles. The molecule has 0 saturated heterocycles. The molecular formula is C16H16ClFN2OS. The molecule has 3 nitrogen and oxygen atoms in total. The molecule has 0 spiro atoms. The maximum atomic E-state index is 12.9. The fourth-order valence-corrected chi connectivity index (χ4v) is 2.50. The molecule has 0 fully saturated rings. The Morgan fingerprint density at radius 1 is 1.23 bits per heavy atom. The number of anilines is 1. The Morgan fingerprint density at radius 2 is 1.91 bits per heavy atom. The number of ether oxygens (including phenoxy) is 1. The molecule has 2 aromatic carbocycles. The Labute approximate surface area is 139 Å². The molecule has 1 atom stereocenters. The van der Waals surface area contributed by atoms with Crippen LogP contribution in [0.2, 0.25) is 5.02 Å². The van der Waals surface area contributed by atoms with Gasteiger partial charge >= 0.3 is 0 Å². The van der Waals surface area contributed by atoms with E-state index in [2.05, 4.69) is 10.6 Å². The normalized spacial score (nSPS) is 11.6. The smallest absolute Gasteiger partial charge is 0.171 e. The largest absolute Gasteiger partial charge is 0.495 e. The maximum absolute atomic E-state index is 12.9. The number of methoxy groups -OCH3 is 1. The second-order valence-electron chi connectivity index (χ2n) is 4.72. The summed E-state index contributed by atoms with van der Waals surface area (Å²) in [6.07, 6.45) is 0. The van der Waals surface area contributed by atoms with Gasteiger partial charge in [0.1, 0.15) is 11.6 Å². The Morgan fingerprint density at radius 3 is 2.50 bits per heavy atom. The van der Waals surface area contributed by atoms with Gasteiger partial charge in [0, 0.05) is 5.69 Å². The third kappa shape index (κ3) is 4.32. The van der Waals surface area contributed by atoms with Gasteiger partial charge in [0.25, 0.3) is 0 Å². The minimum Gasteiger partial charge on any atom is -0.495 e. The standard InChI is InChI=1S/C16H16ClFN2OS/c1-10(11-3-5-12(18)6-4-11)19-16(22)20-13-7-8-15(21-2)14(17)9-13/h3-10H,1-2H3,(H2,19,20,22)/t10-/m0/s1. The molecule has 22 heavy (non-hydrogen) atoms. The number of nitrogens with one attached hydrogen (secondary N) is 2. The Kier molecular flexibility index (Phi) is 5.57. The zero-order valence-corrected chi connectivity index (χ0v) is 13.8. The molecule has 2 rings (SSSR count). The number of hydrogen-bond donors (Lipinski definition) is 2. The van der Waals surface area contributed by atoms with Crippen LogP contribution in [0.1, 0.15) is 18.5 Å². The molecular weight excluding hydrogens is 323 g/mol. The van der Waals surface area contributed by atoms with Crippen LogP contribution in [0.5, 0.6) is 5.75 Å². The van der Waals surface area contributed by atoms with E-state index in [4.69, 9.17) is 28.6 Å². The van der Waals surface area contributed by atoms with Crippen LogP contribution in [0.4, 0.5) is 10.1 Å². The van der Waals surface area contributed by atoms with Crippen molar-refractivity contribution in [3.05, 3.63) is 58.9 Å². The molecule has 0 saturated carbocycles. The van der Waals surface area contributed by atoms with Crippen molar-refractivity contribution < 1.29 is 9.13 Å². The summed E-state index contributed by atoms with van der Waals surface area (Å²) in [6.45, 7) is 1.95. The summed E-state index contributed by atoms with van der Waals surface area (Å²) in [4.78, 5) is 0. The zero-order chi connectivity index (χ0) is 16.1. The van der Waals surface area contributed by atoms with Crippen LogP contribution in [0.3, 0.4) is 0 Å². The van der Waals surface area contributed by atoms with Crippen molar-refractivity contribution >= 4 is 34.6 Å². The first-order valence-corrected chi connectivity index (χ1v) is 7.44. The predicted octanol–water partition coefficient (Wildman–Crippen LogP) is 4.54. The van der Waals surface area contributed by atoms with Gasteiger partial charge in [0.15, 0.2) is 5.11 Å². The summed E-state index contributed by atoms with van der Waals surface area (Å²) in [5.41, 5.74) is 1.70.